The molecule has 7 heteroatoms. The minimum absolute atomic E-state index is 0.119. The van der Waals surface area contributed by atoms with Gasteiger partial charge in [-0.25, -0.2) is 9.59 Å². The van der Waals surface area contributed by atoms with Gasteiger partial charge in [-0.2, -0.15) is 0 Å². The number of carboxylic acids is 2. The summed E-state index contributed by atoms with van der Waals surface area (Å²) in [5.41, 5.74) is 0.237. The van der Waals surface area contributed by atoms with Crippen molar-refractivity contribution in [1.82, 2.24) is 10.6 Å². The van der Waals surface area contributed by atoms with Crippen LogP contribution in [0.15, 0.2) is 0 Å². The molecule has 0 aliphatic heterocycles. The largest absolute Gasteiger partial charge is 0.481 e. The van der Waals surface area contributed by atoms with Gasteiger partial charge < -0.3 is 20.8 Å². The van der Waals surface area contributed by atoms with E-state index in [0.717, 1.165) is 0 Å². The molecule has 0 aromatic rings. The summed E-state index contributed by atoms with van der Waals surface area (Å²) in [4.78, 5) is 32.9. The van der Waals surface area contributed by atoms with Crippen LogP contribution in [-0.4, -0.2) is 40.8 Å². The van der Waals surface area contributed by atoms with Gasteiger partial charge in [0.15, 0.2) is 0 Å². The number of urea groups is 1. The molecule has 1 aliphatic rings. The van der Waals surface area contributed by atoms with Crippen LogP contribution in [0.1, 0.15) is 34.1 Å². The van der Waals surface area contributed by atoms with E-state index in [1.165, 1.54) is 0 Å². The Hall–Kier alpha value is -1.79. The standard InChI is InChI=1S/C13H22N2O5/c1-12(2)8(13(12,3)4)6-14-11(20)15-7(10(18)19)5-9(16)17/h7-8H,5-6H2,1-4H3,(H,16,17)(H,18,19)(H2,14,15,20)/t7-/m0/s1. The van der Waals surface area contributed by atoms with Gasteiger partial charge in [-0.15, -0.1) is 0 Å². The minimum Gasteiger partial charge on any atom is -0.481 e. The second kappa shape index (κ2) is 5.30. The lowest BCUT2D eigenvalue weighted by Crippen LogP contribution is -2.47. The molecule has 1 atom stereocenters. The Balaban J connectivity index is 2.44. The second-order valence-corrected chi connectivity index (χ2v) is 6.34. The van der Waals surface area contributed by atoms with Crippen LogP contribution in [0.4, 0.5) is 4.79 Å². The number of carbonyl (C=O) groups excluding carboxylic acids is 1. The molecule has 4 N–H and O–H groups in total. The van der Waals surface area contributed by atoms with Crippen molar-refractivity contribution in [3.8, 4) is 0 Å². The maximum Gasteiger partial charge on any atom is 0.326 e. The van der Waals surface area contributed by atoms with Crippen molar-refractivity contribution >= 4 is 18.0 Å². The lowest BCUT2D eigenvalue weighted by Gasteiger charge is -2.13. The topological polar surface area (TPSA) is 116 Å². The quantitative estimate of drug-likeness (QED) is 0.579. The van der Waals surface area contributed by atoms with Crippen molar-refractivity contribution in [2.75, 3.05) is 6.54 Å². The molecule has 1 fully saturated rings. The fourth-order valence-corrected chi connectivity index (χ4v) is 2.62. The highest BCUT2D eigenvalue weighted by atomic mass is 16.4. The van der Waals surface area contributed by atoms with E-state index >= 15 is 0 Å². The first-order valence-corrected chi connectivity index (χ1v) is 6.49. The van der Waals surface area contributed by atoms with Gasteiger partial charge in [0, 0.05) is 6.54 Å². The summed E-state index contributed by atoms with van der Waals surface area (Å²) in [6.45, 7) is 8.89. The monoisotopic (exact) mass is 286 g/mol. The molecule has 0 heterocycles. The van der Waals surface area contributed by atoms with Crippen molar-refractivity contribution in [2.24, 2.45) is 16.7 Å². The molecular formula is C13H22N2O5. The molecule has 0 unspecified atom stereocenters. The van der Waals surface area contributed by atoms with Gasteiger partial charge in [0.1, 0.15) is 6.04 Å². The lowest BCUT2D eigenvalue weighted by atomic mass is 10.0. The molecule has 0 aromatic carbocycles. The highest BCUT2D eigenvalue weighted by Crippen LogP contribution is 2.67. The summed E-state index contributed by atoms with van der Waals surface area (Å²) < 4.78 is 0. The third kappa shape index (κ3) is 3.20. The molecule has 1 aliphatic carbocycles. The van der Waals surface area contributed by atoms with E-state index in [0.29, 0.717) is 12.5 Å². The Labute approximate surface area is 117 Å². The number of hydrogen-bond donors (Lipinski definition) is 4. The van der Waals surface area contributed by atoms with Crippen molar-refractivity contribution in [1.29, 1.82) is 0 Å². The molecule has 0 spiro atoms. The van der Waals surface area contributed by atoms with E-state index in [9.17, 15) is 14.4 Å². The fraction of sp³-hybridized carbons (Fsp3) is 0.769. The van der Waals surface area contributed by atoms with Crippen molar-refractivity contribution in [3.63, 3.8) is 0 Å². The van der Waals surface area contributed by atoms with Crippen LogP contribution in [0.25, 0.3) is 0 Å². The maximum atomic E-state index is 11.6. The first-order valence-electron chi connectivity index (χ1n) is 6.49. The molecule has 1 rings (SSSR count). The van der Waals surface area contributed by atoms with E-state index in [-0.39, 0.29) is 10.8 Å². The van der Waals surface area contributed by atoms with Crippen LogP contribution < -0.4 is 10.6 Å². The van der Waals surface area contributed by atoms with E-state index in [1.807, 2.05) is 0 Å². The summed E-state index contributed by atoms with van der Waals surface area (Å²) in [6, 6.07) is -2.08. The Bertz CT molecular complexity index is 416. The van der Waals surface area contributed by atoms with Crippen LogP contribution in [-0.2, 0) is 9.59 Å². The number of nitrogens with one attached hydrogen (secondary N) is 2. The van der Waals surface area contributed by atoms with Gasteiger partial charge >= 0.3 is 18.0 Å². The highest BCUT2D eigenvalue weighted by molar-refractivity contribution is 5.86. The number of carboxylic acid groups (broad SMARTS) is 2. The zero-order chi connectivity index (χ0) is 15.7. The molecule has 1 saturated carbocycles. The summed E-state index contributed by atoms with van der Waals surface area (Å²) in [5.74, 6) is -2.33. The second-order valence-electron chi connectivity index (χ2n) is 6.34. The number of carbonyl (C=O) groups is 3. The third-order valence-electron chi connectivity index (χ3n) is 4.77. The minimum atomic E-state index is -1.42. The molecular weight excluding hydrogens is 264 g/mol. The smallest absolute Gasteiger partial charge is 0.326 e. The van der Waals surface area contributed by atoms with E-state index in [4.69, 9.17) is 10.2 Å². The summed E-state index contributed by atoms with van der Waals surface area (Å²) in [7, 11) is 0. The molecule has 20 heavy (non-hydrogen) atoms. The molecule has 0 radical (unpaired) electrons. The van der Waals surface area contributed by atoms with E-state index < -0.39 is 30.4 Å². The third-order valence-corrected chi connectivity index (χ3v) is 4.77. The molecule has 114 valence electrons. The average Bonchev–Trinajstić information content (AvgIpc) is 2.65. The van der Waals surface area contributed by atoms with Gasteiger partial charge in [-0.05, 0) is 16.7 Å². The van der Waals surface area contributed by atoms with E-state index in [2.05, 4.69) is 38.3 Å². The zero-order valence-electron chi connectivity index (χ0n) is 12.2. The zero-order valence-corrected chi connectivity index (χ0v) is 12.2. The predicted octanol–water partition coefficient (Wildman–Crippen LogP) is 0.896. The van der Waals surface area contributed by atoms with Gasteiger partial charge in [0.25, 0.3) is 0 Å². The fourth-order valence-electron chi connectivity index (χ4n) is 2.62. The first-order chi connectivity index (χ1) is 9.00. The average molecular weight is 286 g/mol. The Morgan fingerprint density at radius 3 is 1.95 bits per heavy atom. The van der Waals surface area contributed by atoms with Crippen molar-refractivity contribution in [2.45, 2.75) is 40.2 Å². The van der Waals surface area contributed by atoms with E-state index in [1.54, 1.807) is 0 Å². The number of amides is 2. The summed E-state index contributed by atoms with van der Waals surface area (Å²) in [6.07, 6.45) is -0.650. The normalized spacial score (nSPS) is 20.8. The number of aliphatic carboxylic acids is 2. The molecule has 7 nitrogen and oxygen atoms in total. The van der Waals surface area contributed by atoms with Crippen LogP contribution in [0, 0.1) is 16.7 Å². The summed E-state index contributed by atoms with van der Waals surface area (Å²) in [5, 5.41) is 22.2. The van der Waals surface area contributed by atoms with Gasteiger partial charge in [0.2, 0.25) is 0 Å². The van der Waals surface area contributed by atoms with Crippen LogP contribution >= 0.6 is 0 Å². The Kier molecular flexibility index (Phi) is 4.31. The first kappa shape index (κ1) is 16.3. The van der Waals surface area contributed by atoms with Gasteiger partial charge in [-0.3, -0.25) is 4.79 Å². The predicted molar refractivity (Wildman–Crippen MR) is 71.3 cm³/mol. The molecule has 0 aromatic heterocycles. The maximum absolute atomic E-state index is 11.6. The van der Waals surface area contributed by atoms with Crippen molar-refractivity contribution in [3.05, 3.63) is 0 Å². The Morgan fingerprint density at radius 2 is 1.60 bits per heavy atom. The highest BCUT2D eigenvalue weighted by Gasteiger charge is 2.64. The van der Waals surface area contributed by atoms with Crippen LogP contribution in [0.3, 0.4) is 0 Å². The van der Waals surface area contributed by atoms with Gasteiger partial charge in [0.05, 0.1) is 6.42 Å². The lowest BCUT2D eigenvalue weighted by molar-refractivity contribution is -0.145. The van der Waals surface area contributed by atoms with Crippen LogP contribution in [0.5, 0.6) is 0 Å². The number of hydrogen-bond acceptors (Lipinski definition) is 3. The molecule has 0 saturated heterocycles. The molecule has 2 amide bonds. The number of rotatable bonds is 6. The van der Waals surface area contributed by atoms with Crippen LogP contribution in [0.2, 0.25) is 0 Å². The SMILES string of the molecule is CC1(C)C(CNC(=O)N[C@@H](CC(=O)O)C(=O)O)C1(C)C. The molecule has 0 bridgehead atoms. The van der Waals surface area contributed by atoms with Crippen molar-refractivity contribution < 1.29 is 24.6 Å². The Morgan fingerprint density at radius 1 is 1.10 bits per heavy atom. The van der Waals surface area contributed by atoms with Gasteiger partial charge in [-0.1, -0.05) is 27.7 Å². The summed E-state index contributed by atoms with van der Waals surface area (Å²) >= 11 is 0.